The van der Waals surface area contributed by atoms with Crippen molar-refractivity contribution < 1.29 is 28.9 Å². The van der Waals surface area contributed by atoms with Gasteiger partial charge in [0.1, 0.15) is 26.2 Å². The number of piperazine rings is 1. The molecule has 1 aliphatic rings. The van der Waals surface area contributed by atoms with E-state index in [2.05, 4.69) is 16.0 Å². The van der Waals surface area contributed by atoms with Gasteiger partial charge >= 0.3 is 0 Å². The number of likely N-dealkylation sites (N-methyl/N-ethyl adjacent to an activating group) is 1. The zero-order valence-electron chi connectivity index (χ0n) is 18.2. The molecule has 2 N–H and O–H groups in total. The molecule has 162 valence electrons. The van der Waals surface area contributed by atoms with Gasteiger partial charge < -0.3 is 24.0 Å². The highest BCUT2D eigenvalue weighted by Gasteiger charge is 2.28. The van der Waals surface area contributed by atoms with Gasteiger partial charge in [0.2, 0.25) is 5.75 Å². The molecule has 1 amide bonds. The number of nitrogens with zero attached hydrogens (tertiary/aromatic N) is 2. The van der Waals surface area contributed by atoms with Crippen molar-refractivity contribution in [2.24, 2.45) is 0 Å². The number of carbonyl (C=O) groups excluding carboxylic acids is 1. The smallest absolute Gasteiger partial charge is 0.277 e. The Bertz CT molecular complexity index is 839. The van der Waals surface area contributed by atoms with E-state index in [0.29, 0.717) is 30.3 Å². The molecule has 1 aliphatic heterocycles. The number of ether oxygens (including phenoxy) is 3. The lowest BCUT2D eigenvalue weighted by atomic mass is 10.1. The Kier molecular flexibility index (Phi) is 7.35. The standard InChI is InChI=1S/C22H30N4O4/c1-24(15-17-8-9-18(28-2)22(30-4)21(17)29-3)20(27)16-25-11-13-26(14-12-25)19-7-5-6-10-23-19/h5-10H,11-16H2,1-4H3/p+2. The largest absolute Gasteiger partial charge is 0.493 e. The van der Waals surface area contributed by atoms with Gasteiger partial charge in [-0.1, -0.05) is 6.07 Å². The molecule has 0 radical (unpaired) electrons. The number of nitrogens with one attached hydrogen (secondary N) is 2. The van der Waals surface area contributed by atoms with Crippen LogP contribution in [0.4, 0.5) is 5.82 Å². The summed E-state index contributed by atoms with van der Waals surface area (Å²) in [7, 11) is 6.59. The summed E-state index contributed by atoms with van der Waals surface area (Å²) in [5.74, 6) is 2.97. The summed E-state index contributed by atoms with van der Waals surface area (Å²) < 4.78 is 16.3. The number of pyridine rings is 1. The first-order valence-electron chi connectivity index (χ1n) is 10.1. The van der Waals surface area contributed by atoms with Gasteiger partial charge in [0.05, 0.1) is 27.5 Å². The summed E-state index contributed by atoms with van der Waals surface area (Å²) in [6, 6.07) is 9.84. The lowest BCUT2D eigenvalue weighted by Crippen LogP contribution is -3.15. The molecule has 3 rings (SSSR count). The van der Waals surface area contributed by atoms with E-state index < -0.39 is 0 Å². The van der Waals surface area contributed by atoms with Crippen molar-refractivity contribution in [3.8, 4) is 17.2 Å². The zero-order chi connectivity index (χ0) is 21.5. The second kappa shape index (κ2) is 10.2. The quantitative estimate of drug-likeness (QED) is 0.650. The van der Waals surface area contributed by atoms with Crippen LogP contribution in [0, 0.1) is 0 Å². The van der Waals surface area contributed by atoms with Crippen LogP contribution in [0.5, 0.6) is 17.2 Å². The highest BCUT2D eigenvalue weighted by atomic mass is 16.5. The summed E-state index contributed by atoms with van der Waals surface area (Å²) in [5, 5.41) is 0. The molecule has 2 heterocycles. The number of methoxy groups -OCH3 is 3. The SMILES string of the molecule is COc1ccc(CN(C)C(=O)C[NH+]2CCN(c3cccc[nH+]3)CC2)c(OC)c1OC. The van der Waals surface area contributed by atoms with Crippen LogP contribution in [0.3, 0.4) is 0 Å². The summed E-state index contributed by atoms with van der Waals surface area (Å²) in [4.78, 5) is 21.5. The Morgan fingerprint density at radius 3 is 2.40 bits per heavy atom. The first kappa shape index (κ1) is 21.7. The summed E-state index contributed by atoms with van der Waals surface area (Å²) in [5.41, 5.74) is 0.880. The van der Waals surface area contributed by atoms with Crippen LogP contribution in [0.1, 0.15) is 5.56 Å². The maximum Gasteiger partial charge on any atom is 0.277 e. The number of anilines is 1. The summed E-state index contributed by atoms with van der Waals surface area (Å²) >= 11 is 0. The second-order valence-corrected chi connectivity index (χ2v) is 7.40. The van der Waals surface area contributed by atoms with E-state index in [1.165, 1.54) is 4.90 Å². The molecule has 2 aromatic rings. The third-order valence-corrected chi connectivity index (χ3v) is 5.52. The normalized spacial score (nSPS) is 14.3. The number of hydrogen-bond donors (Lipinski definition) is 1. The van der Waals surface area contributed by atoms with Crippen LogP contribution < -0.4 is 29.0 Å². The van der Waals surface area contributed by atoms with Crippen LogP contribution >= 0.6 is 0 Å². The average Bonchev–Trinajstić information content (AvgIpc) is 2.79. The predicted octanol–water partition coefficient (Wildman–Crippen LogP) is -0.110. The molecule has 0 saturated carbocycles. The van der Waals surface area contributed by atoms with Gasteiger partial charge in [-0.15, -0.1) is 0 Å². The lowest BCUT2D eigenvalue weighted by Gasteiger charge is -2.29. The molecule has 1 fully saturated rings. The number of benzene rings is 1. The maximum atomic E-state index is 12.8. The van der Waals surface area contributed by atoms with Crippen molar-refractivity contribution >= 4 is 11.7 Å². The van der Waals surface area contributed by atoms with Crippen LogP contribution in [0.2, 0.25) is 0 Å². The summed E-state index contributed by atoms with van der Waals surface area (Å²) in [6.45, 7) is 4.65. The molecule has 0 unspecified atom stereocenters. The van der Waals surface area contributed by atoms with E-state index >= 15 is 0 Å². The lowest BCUT2D eigenvalue weighted by molar-refractivity contribution is -0.892. The van der Waals surface area contributed by atoms with Crippen molar-refractivity contribution in [3.05, 3.63) is 42.1 Å². The Balaban J connectivity index is 1.57. The molecule has 0 aliphatic carbocycles. The molecule has 1 aromatic heterocycles. The van der Waals surface area contributed by atoms with Crippen molar-refractivity contribution in [3.63, 3.8) is 0 Å². The Morgan fingerprint density at radius 1 is 1.07 bits per heavy atom. The molecule has 8 nitrogen and oxygen atoms in total. The van der Waals surface area contributed by atoms with E-state index in [1.807, 2.05) is 37.5 Å². The van der Waals surface area contributed by atoms with Gasteiger partial charge in [0, 0.05) is 25.2 Å². The first-order chi connectivity index (χ1) is 14.6. The van der Waals surface area contributed by atoms with E-state index in [-0.39, 0.29) is 5.91 Å². The fraction of sp³-hybridized carbons (Fsp3) is 0.455. The van der Waals surface area contributed by atoms with E-state index in [1.54, 1.807) is 26.2 Å². The monoisotopic (exact) mass is 416 g/mol. The van der Waals surface area contributed by atoms with Gasteiger partial charge in [0.15, 0.2) is 18.0 Å². The van der Waals surface area contributed by atoms with Gasteiger partial charge in [-0.05, 0) is 18.2 Å². The molecule has 0 bridgehead atoms. The molecule has 1 aromatic carbocycles. The number of carbonyl (C=O) groups is 1. The Morgan fingerprint density at radius 2 is 1.80 bits per heavy atom. The van der Waals surface area contributed by atoms with Gasteiger partial charge in [-0.2, -0.15) is 0 Å². The maximum absolute atomic E-state index is 12.8. The topological polar surface area (TPSA) is 69.8 Å². The van der Waals surface area contributed by atoms with Crippen LogP contribution in [-0.2, 0) is 11.3 Å². The number of quaternary nitrogens is 1. The molecular weight excluding hydrogens is 384 g/mol. The molecule has 1 saturated heterocycles. The number of amides is 1. The number of H-pyrrole nitrogens is 1. The number of aromatic nitrogens is 1. The van der Waals surface area contributed by atoms with Gasteiger partial charge in [-0.3, -0.25) is 9.69 Å². The highest BCUT2D eigenvalue weighted by molar-refractivity contribution is 5.77. The van der Waals surface area contributed by atoms with E-state index in [9.17, 15) is 4.79 Å². The average molecular weight is 417 g/mol. The third-order valence-electron chi connectivity index (χ3n) is 5.52. The van der Waals surface area contributed by atoms with Crippen molar-refractivity contribution in [2.75, 3.05) is 66.0 Å². The van der Waals surface area contributed by atoms with Crippen LogP contribution in [-0.4, -0.2) is 71.9 Å². The zero-order valence-corrected chi connectivity index (χ0v) is 18.2. The molecule has 0 spiro atoms. The van der Waals surface area contributed by atoms with Crippen molar-refractivity contribution in [1.82, 2.24) is 4.90 Å². The van der Waals surface area contributed by atoms with Gasteiger partial charge in [-0.25, -0.2) is 4.98 Å². The van der Waals surface area contributed by atoms with E-state index in [4.69, 9.17) is 14.2 Å². The predicted molar refractivity (Wildman–Crippen MR) is 113 cm³/mol. The second-order valence-electron chi connectivity index (χ2n) is 7.40. The first-order valence-corrected chi connectivity index (χ1v) is 10.1. The minimum absolute atomic E-state index is 0.113. The van der Waals surface area contributed by atoms with Crippen molar-refractivity contribution in [1.29, 1.82) is 0 Å². The number of hydrogen-bond acceptors (Lipinski definition) is 5. The van der Waals surface area contributed by atoms with E-state index in [0.717, 1.165) is 37.6 Å². The minimum Gasteiger partial charge on any atom is -0.493 e. The number of rotatable bonds is 8. The molecular formula is C22H32N4O4+2. The van der Waals surface area contributed by atoms with Gasteiger partial charge in [0.25, 0.3) is 11.7 Å². The molecule has 8 heteroatoms. The highest BCUT2D eigenvalue weighted by Crippen LogP contribution is 2.40. The Hall–Kier alpha value is -3.00. The fourth-order valence-electron chi connectivity index (χ4n) is 3.80. The number of aromatic amines is 1. The van der Waals surface area contributed by atoms with Crippen LogP contribution in [0.25, 0.3) is 0 Å². The third kappa shape index (κ3) is 4.94. The summed E-state index contributed by atoms with van der Waals surface area (Å²) in [6.07, 6.45) is 1.94. The van der Waals surface area contributed by atoms with Crippen LogP contribution in [0.15, 0.2) is 36.5 Å². The fourth-order valence-corrected chi connectivity index (χ4v) is 3.80. The molecule has 30 heavy (non-hydrogen) atoms. The Labute approximate surface area is 177 Å². The molecule has 0 atom stereocenters. The minimum atomic E-state index is 0.113. The van der Waals surface area contributed by atoms with Crippen molar-refractivity contribution in [2.45, 2.75) is 6.54 Å².